The van der Waals surface area contributed by atoms with Gasteiger partial charge in [-0.1, -0.05) is 102 Å². The summed E-state index contributed by atoms with van der Waals surface area (Å²) >= 11 is 0. The Balaban J connectivity index is 1.49. The van der Waals surface area contributed by atoms with Gasteiger partial charge in [0.05, 0.1) is 7.11 Å². The van der Waals surface area contributed by atoms with E-state index in [1.54, 1.807) is 38.1 Å². The molecule has 0 saturated heterocycles. The van der Waals surface area contributed by atoms with Gasteiger partial charge >= 0.3 is 19.7 Å². The maximum Gasteiger partial charge on any atom is 0.407 e. The second kappa shape index (κ2) is 17.7. The molecule has 0 aromatic heterocycles. The van der Waals surface area contributed by atoms with Crippen LogP contribution >= 0.6 is 7.67 Å². The minimum Gasteiger partial charge on any atom is -0.467 e. The molecule has 0 radical (unpaired) electrons. The lowest BCUT2D eigenvalue weighted by molar-refractivity contribution is -0.146. The Morgan fingerprint density at radius 2 is 1.30 bits per heavy atom. The normalized spacial score (nSPS) is 13.8. The number of hydrogen-bond acceptors (Lipinski definition) is 7. The smallest absolute Gasteiger partial charge is 0.407 e. The van der Waals surface area contributed by atoms with Gasteiger partial charge in [-0.05, 0) is 57.7 Å². The highest BCUT2D eigenvalue weighted by molar-refractivity contribution is 7.55. The van der Waals surface area contributed by atoms with E-state index >= 15 is 0 Å². The van der Waals surface area contributed by atoms with Crippen LogP contribution in [0.25, 0.3) is 11.1 Å². The number of fused-ring (bicyclic) bond motifs is 3. The number of hydrogen-bond donors (Lipinski definition) is 4. The fourth-order valence-electron chi connectivity index (χ4n) is 5.67. The molecule has 0 fully saturated rings. The van der Waals surface area contributed by atoms with Gasteiger partial charge in [0, 0.05) is 25.4 Å². The number of carbonyl (C=O) groups is 3. The van der Waals surface area contributed by atoms with Gasteiger partial charge in [0.2, 0.25) is 5.91 Å². The summed E-state index contributed by atoms with van der Waals surface area (Å²) in [7, 11) is -2.14. The highest BCUT2D eigenvalue weighted by Crippen LogP contribution is 2.44. The summed E-state index contributed by atoms with van der Waals surface area (Å²) < 4.78 is 30.2. The molecular weight excluding hydrogens is 655 g/mol. The van der Waals surface area contributed by atoms with E-state index in [0.717, 1.165) is 22.3 Å². The van der Waals surface area contributed by atoms with E-state index < -0.39 is 37.7 Å². The number of amides is 2. The molecule has 0 spiro atoms. The molecule has 3 aromatic rings. The number of carbonyl (C=O) groups excluding carboxylic acids is 3. The van der Waals surface area contributed by atoms with Crippen LogP contribution in [0.3, 0.4) is 0 Å². The molecule has 50 heavy (non-hydrogen) atoms. The van der Waals surface area contributed by atoms with Gasteiger partial charge in [0.15, 0.2) is 0 Å². The van der Waals surface area contributed by atoms with Crippen molar-refractivity contribution >= 4 is 25.6 Å². The number of benzene rings is 3. The van der Waals surface area contributed by atoms with Crippen molar-refractivity contribution in [3.63, 3.8) is 0 Å². The molecule has 11 nitrogen and oxygen atoms in total. The van der Waals surface area contributed by atoms with E-state index in [2.05, 4.69) is 32.9 Å². The van der Waals surface area contributed by atoms with E-state index in [4.69, 9.17) is 14.0 Å². The molecule has 0 bridgehead atoms. The SMILES string of the molecule is COC(=O)[C@@H](NC(=O)[C@H](Cc1ccc(OP(=O)(NCC(C)C)NCC(C)C)cc1)NC(=O)OCC1c2ccccc2-c2ccccc21)C(C)C. The van der Waals surface area contributed by atoms with E-state index in [9.17, 15) is 18.9 Å². The van der Waals surface area contributed by atoms with Crippen molar-refractivity contribution in [2.24, 2.45) is 17.8 Å². The van der Waals surface area contributed by atoms with Gasteiger partial charge in [0.1, 0.15) is 24.4 Å². The minimum atomic E-state index is -3.40. The van der Waals surface area contributed by atoms with Gasteiger partial charge < -0.3 is 24.6 Å². The lowest BCUT2D eigenvalue weighted by Crippen LogP contribution is -2.54. The van der Waals surface area contributed by atoms with Crippen molar-refractivity contribution in [3.05, 3.63) is 89.5 Å². The summed E-state index contributed by atoms with van der Waals surface area (Å²) in [6, 6.07) is 20.9. The third kappa shape index (κ3) is 10.4. The summed E-state index contributed by atoms with van der Waals surface area (Å²) in [4.78, 5) is 39.4. The van der Waals surface area contributed by atoms with E-state index in [1.165, 1.54) is 7.11 Å². The number of esters is 1. The van der Waals surface area contributed by atoms with Crippen LogP contribution in [0.1, 0.15) is 64.2 Å². The molecule has 0 aliphatic heterocycles. The van der Waals surface area contributed by atoms with Crippen LogP contribution in [0.15, 0.2) is 72.8 Å². The predicted molar refractivity (Wildman–Crippen MR) is 195 cm³/mol. The van der Waals surface area contributed by atoms with Crippen molar-refractivity contribution < 1.29 is 32.9 Å². The van der Waals surface area contributed by atoms with Gasteiger partial charge in [0.25, 0.3) is 0 Å². The second-order valence-electron chi connectivity index (χ2n) is 13.8. The van der Waals surface area contributed by atoms with Crippen molar-refractivity contribution in [1.82, 2.24) is 20.8 Å². The molecular formula is C38H51N4O7P. The van der Waals surface area contributed by atoms with Gasteiger partial charge in [-0.3, -0.25) is 4.79 Å². The first-order chi connectivity index (χ1) is 23.8. The second-order valence-corrected chi connectivity index (χ2v) is 15.7. The quantitative estimate of drug-likeness (QED) is 0.0923. The first kappa shape index (κ1) is 38.6. The van der Waals surface area contributed by atoms with E-state index in [-0.39, 0.29) is 36.7 Å². The van der Waals surface area contributed by atoms with Gasteiger partial charge in [-0.15, -0.1) is 0 Å². The number of ether oxygens (including phenoxy) is 2. The third-order valence-electron chi connectivity index (χ3n) is 8.38. The zero-order valence-corrected chi connectivity index (χ0v) is 30.9. The topological polar surface area (TPSA) is 144 Å². The summed E-state index contributed by atoms with van der Waals surface area (Å²) in [5, 5.41) is 11.5. The van der Waals surface area contributed by atoms with Crippen LogP contribution in [-0.2, 0) is 30.0 Å². The zero-order valence-electron chi connectivity index (χ0n) is 30.0. The molecule has 2 atom stereocenters. The summed E-state index contributed by atoms with van der Waals surface area (Å²) in [6.07, 6.45) is -0.684. The molecule has 270 valence electrons. The lowest BCUT2D eigenvalue weighted by Gasteiger charge is -2.25. The maximum absolute atomic E-state index is 13.6. The van der Waals surface area contributed by atoms with Crippen LogP contribution in [0.2, 0.25) is 0 Å². The van der Waals surface area contributed by atoms with Gasteiger partial charge in [-0.2, -0.15) is 0 Å². The zero-order chi connectivity index (χ0) is 36.4. The number of rotatable bonds is 17. The van der Waals surface area contributed by atoms with Crippen molar-refractivity contribution in [1.29, 1.82) is 0 Å². The van der Waals surface area contributed by atoms with Crippen LogP contribution in [0, 0.1) is 17.8 Å². The average molecular weight is 707 g/mol. The first-order valence-corrected chi connectivity index (χ1v) is 18.8. The molecule has 2 amide bonds. The standard InChI is InChI=1S/C38H51N4O7P/c1-24(2)21-39-50(46,40-22-25(3)4)49-28-18-16-27(17-19-28)20-34(36(43)42-35(26(5)6)37(44)47-7)41-38(45)48-23-33-31-14-10-8-12-29(31)30-13-9-11-15-32(30)33/h8-19,24-26,33-35H,20-23H2,1-7H3,(H,41,45)(H,42,43)(H2,39,40,46)/t34-,35-/m0/s1. The summed E-state index contributed by atoms with van der Waals surface area (Å²) in [5.74, 6) is -0.672. The van der Waals surface area contributed by atoms with Crippen molar-refractivity contribution in [2.45, 2.75) is 66.0 Å². The lowest BCUT2D eigenvalue weighted by atomic mass is 9.98. The molecule has 12 heteroatoms. The fraction of sp³-hybridized carbons (Fsp3) is 0.447. The molecule has 4 N–H and O–H groups in total. The monoisotopic (exact) mass is 706 g/mol. The average Bonchev–Trinajstić information content (AvgIpc) is 3.41. The Morgan fingerprint density at radius 3 is 1.80 bits per heavy atom. The number of methoxy groups -OCH3 is 1. The highest BCUT2D eigenvalue weighted by atomic mass is 31.2. The molecule has 1 aliphatic carbocycles. The maximum atomic E-state index is 13.6. The van der Waals surface area contributed by atoms with Crippen molar-refractivity contribution in [2.75, 3.05) is 26.8 Å². The van der Waals surface area contributed by atoms with Crippen LogP contribution < -0.4 is 25.3 Å². The summed E-state index contributed by atoms with van der Waals surface area (Å²) in [5.41, 5.74) is 5.04. The molecule has 4 rings (SSSR count). The number of alkyl carbamates (subject to hydrolysis) is 1. The Labute approximate surface area is 295 Å². The molecule has 0 saturated carbocycles. The Bertz CT molecular complexity index is 1600. The van der Waals surface area contributed by atoms with E-state index in [1.807, 2.05) is 64.1 Å². The minimum absolute atomic E-state index is 0.0762. The Hall–Kier alpha value is -4.18. The van der Waals surface area contributed by atoms with Crippen LogP contribution in [-0.4, -0.2) is 56.9 Å². The highest BCUT2D eigenvalue weighted by Gasteiger charge is 2.32. The number of nitrogens with one attached hydrogen (secondary N) is 4. The van der Waals surface area contributed by atoms with E-state index in [0.29, 0.717) is 24.4 Å². The molecule has 0 heterocycles. The van der Waals surface area contributed by atoms with Crippen molar-refractivity contribution in [3.8, 4) is 16.9 Å². The fourth-order valence-corrected chi connectivity index (χ4v) is 7.54. The van der Waals surface area contributed by atoms with Gasteiger partial charge in [-0.25, -0.2) is 24.3 Å². The van der Waals surface area contributed by atoms with Crippen LogP contribution in [0.4, 0.5) is 4.79 Å². The molecule has 1 aliphatic rings. The summed E-state index contributed by atoms with van der Waals surface area (Å²) in [6.45, 7) is 12.7. The predicted octanol–water partition coefficient (Wildman–Crippen LogP) is 6.43. The molecule has 0 unspecified atom stereocenters. The largest absolute Gasteiger partial charge is 0.467 e. The van der Waals surface area contributed by atoms with Crippen LogP contribution in [0.5, 0.6) is 5.75 Å². The Kier molecular flexibility index (Phi) is 13.6. The first-order valence-electron chi connectivity index (χ1n) is 17.2. The third-order valence-corrected chi connectivity index (χ3v) is 10.1. The Morgan fingerprint density at radius 1 is 0.760 bits per heavy atom. The molecule has 3 aromatic carbocycles.